The fourth-order valence-electron chi connectivity index (χ4n) is 3.98. The van der Waals surface area contributed by atoms with Gasteiger partial charge >= 0.3 is 5.97 Å². The Labute approximate surface area is 137 Å². The molecule has 4 nitrogen and oxygen atoms in total. The number of piperidine rings is 1. The molecule has 3 aliphatic heterocycles. The van der Waals surface area contributed by atoms with Crippen molar-refractivity contribution < 1.29 is 14.3 Å². The van der Waals surface area contributed by atoms with E-state index in [0.717, 1.165) is 30.6 Å². The molecular weight excluding hydrogens is 302 g/mol. The molecule has 2 atom stereocenters. The number of fused-ring (bicyclic) bond motifs is 3. The van der Waals surface area contributed by atoms with E-state index in [1.54, 1.807) is 0 Å². The molecule has 2 saturated heterocycles. The Morgan fingerprint density at radius 2 is 1.91 bits per heavy atom. The number of benzene rings is 1. The molecule has 2 bridgehead atoms. The van der Waals surface area contributed by atoms with E-state index >= 15 is 0 Å². The molecule has 3 aliphatic rings. The first kappa shape index (κ1) is 15.6. The fourth-order valence-corrected chi connectivity index (χ4v) is 3.98. The highest BCUT2D eigenvalue weighted by Crippen LogP contribution is 2.37. The molecule has 5 heteroatoms. The largest absolute Gasteiger partial charge is 0.490 e. The number of carbonyl (C=O) groups is 1. The third-order valence-corrected chi connectivity index (χ3v) is 5.21. The second-order valence-electron chi connectivity index (χ2n) is 6.51. The first-order chi connectivity index (χ1) is 10.2. The number of carbonyl (C=O) groups excluding carboxylic acids is 1. The van der Waals surface area contributed by atoms with E-state index in [0.29, 0.717) is 30.4 Å². The summed E-state index contributed by atoms with van der Waals surface area (Å²) < 4.78 is 11.4. The van der Waals surface area contributed by atoms with Gasteiger partial charge in [-0.3, -0.25) is 4.79 Å². The normalized spacial score (nSPS) is 30.2. The van der Waals surface area contributed by atoms with Gasteiger partial charge in [0.2, 0.25) is 0 Å². The van der Waals surface area contributed by atoms with Crippen molar-refractivity contribution in [2.45, 2.75) is 56.7 Å². The van der Waals surface area contributed by atoms with Crippen molar-refractivity contribution in [3.8, 4) is 11.5 Å². The number of rotatable bonds is 2. The second-order valence-corrected chi connectivity index (χ2v) is 6.51. The summed E-state index contributed by atoms with van der Waals surface area (Å²) in [6.07, 6.45) is 6.40. The average Bonchev–Trinajstić information content (AvgIpc) is 2.70. The number of esters is 1. The van der Waals surface area contributed by atoms with Crippen LogP contribution in [-0.2, 0) is 11.2 Å². The number of nitrogens with zero attached hydrogens (tertiary/aromatic N) is 1. The summed E-state index contributed by atoms with van der Waals surface area (Å²) in [6.45, 7) is 0. The Bertz CT molecular complexity index is 563. The summed E-state index contributed by atoms with van der Waals surface area (Å²) in [6, 6.07) is 7.21. The van der Waals surface area contributed by atoms with Crippen LogP contribution in [0.2, 0.25) is 0 Å². The first-order valence-corrected chi connectivity index (χ1v) is 7.91. The lowest BCUT2D eigenvalue weighted by Gasteiger charge is -2.36. The number of aryl methyl sites for hydroxylation is 1. The molecule has 0 N–H and O–H groups in total. The standard InChI is InChI=1S/C17H21NO3.ClH/c1-18-12-3-4-13(18)10-15(9-12)20-14-5-6-16-11(8-14)2-7-17(19)21-16;/h5-6,8,12-13,15H,2-4,7,9-10H2,1H3;1H. The molecule has 0 radical (unpaired) electrons. The molecular formula is C17H22ClNO3. The Morgan fingerprint density at radius 1 is 1.18 bits per heavy atom. The van der Waals surface area contributed by atoms with Crippen LogP contribution in [0.3, 0.4) is 0 Å². The van der Waals surface area contributed by atoms with E-state index in [2.05, 4.69) is 11.9 Å². The maximum atomic E-state index is 11.3. The van der Waals surface area contributed by atoms with E-state index in [-0.39, 0.29) is 18.4 Å². The van der Waals surface area contributed by atoms with E-state index in [9.17, 15) is 4.79 Å². The first-order valence-electron chi connectivity index (χ1n) is 7.91. The van der Waals surface area contributed by atoms with Crippen LogP contribution in [0.25, 0.3) is 0 Å². The smallest absolute Gasteiger partial charge is 0.311 e. The Kier molecular flexibility index (Phi) is 4.33. The van der Waals surface area contributed by atoms with Gasteiger partial charge in [0.25, 0.3) is 0 Å². The highest BCUT2D eigenvalue weighted by Gasteiger charge is 2.39. The summed E-state index contributed by atoms with van der Waals surface area (Å²) in [5.74, 6) is 1.48. The molecule has 2 unspecified atom stereocenters. The van der Waals surface area contributed by atoms with Crippen molar-refractivity contribution in [1.82, 2.24) is 4.90 Å². The number of hydrogen-bond acceptors (Lipinski definition) is 4. The van der Waals surface area contributed by atoms with Crippen LogP contribution < -0.4 is 9.47 Å². The molecule has 3 heterocycles. The molecule has 0 amide bonds. The lowest BCUT2D eigenvalue weighted by atomic mass is 10.0. The van der Waals surface area contributed by atoms with Crippen molar-refractivity contribution in [2.75, 3.05) is 7.05 Å². The summed E-state index contributed by atoms with van der Waals surface area (Å²) in [5, 5.41) is 0. The molecule has 0 spiro atoms. The zero-order valence-corrected chi connectivity index (χ0v) is 13.6. The van der Waals surface area contributed by atoms with E-state index < -0.39 is 0 Å². The van der Waals surface area contributed by atoms with Crippen LogP contribution >= 0.6 is 12.4 Å². The van der Waals surface area contributed by atoms with Crippen molar-refractivity contribution in [2.24, 2.45) is 0 Å². The van der Waals surface area contributed by atoms with Crippen LogP contribution in [0.4, 0.5) is 0 Å². The second kappa shape index (κ2) is 6.09. The van der Waals surface area contributed by atoms with Crippen LogP contribution in [-0.4, -0.2) is 36.1 Å². The molecule has 0 aliphatic carbocycles. The summed E-state index contributed by atoms with van der Waals surface area (Å²) in [4.78, 5) is 13.8. The molecule has 22 heavy (non-hydrogen) atoms. The van der Waals surface area contributed by atoms with Gasteiger partial charge in [-0.15, -0.1) is 12.4 Å². The average molecular weight is 324 g/mol. The Morgan fingerprint density at radius 3 is 2.64 bits per heavy atom. The number of hydrogen-bond donors (Lipinski definition) is 0. The molecule has 1 aromatic carbocycles. The number of halogens is 1. The van der Waals surface area contributed by atoms with Crippen molar-refractivity contribution in [3.63, 3.8) is 0 Å². The summed E-state index contributed by atoms with van der Waals surface area (Å²) in [5.41, 5.74) is 1.09. The summed E-state index contributed by atoms with van der Waals surface area (Å²) in [7, 11) is 2.24. The molecule has 1 aromatic rings. The molecule has 120 valence electrons. The predicted molar refractivity (Wildman–Crippen MR) is 85.9 cm³/mol. The minimum Gasteiger partial charge on any atom is -0.490 e. The molecule has 4 rings (SSSR count). The van der Waals surface area contributed by atoms with Gasteiger partial charge in [-0.25, -0.2) is 0 Å². The zero-order valence-electron chi connectivity index (χ0n) is 12.8. The quantitative estimate of drug-likeness (QED) is 0.619. The van der Waals surface area contributed by atoms with Gasteiger partial charge in [-0.2, -0.15) is 0 Å². The maximum absolute atomic E-state index is 11.3. The van der Waals surface area contributed by atoms with E-state index in [1.165, 1.54) is 12.8 Å². The molecule has 2 fully saturated rings. The third-order valence-electron chi connectivity index (χ3n) is 5.21. The predicted octanol–water partition coefficient (Wildman–Crippen LogP) is 2.96. The van der Waals surface area contributed by atoms with Gasteiger partial charge in [-0.1, -0.05) is 0 Å². The van der Waals surface area contributed by atoms with Gasteiger partial charge in [0.1, 0.15) is 17.6 Å². The van der Waals surface area contributed by atoms with Gasteiger partial charge in [0.05, 0.1) is 6.42 Å². The minimum absolute atomic E-state index is 0. The Hall–Kier alpha value is -1.26. The van der Waals surface area contributed by atoms with Crippen molar-refractivity contribution >= 4 is 18.4 Å². The van der Waals surface area contributed by atoms with Crippen LogP contribution in [0.1, 0.15) is 37.7 Å². The minimum atomic E-state index is -0.136. The van der Waals surface area contributed by atoms with Gasteiger partial charge in [0.15, 0.2) is 0 Å². The molecule has 0 aromatic heterocycles. The van der Waals surface area contributed by atoms with Crippen LogP contribution in [0.5, 0.6) is 11.5 Å². The lowest BCUT2D eigenvalue weighted by molar-refractivity contribution is -0.135. The monoisotopic (exact) mass is 323 g/mol. The Balaban J connectivity index is 0.00000144. The highest BCUT2D eigenvalue weighted by atomic mass is 35.5. The van der Waals surface area contributed by atoms with Gasteiger partial charge < -0.3 is 14.4 Å². The van der Waals surface area contributed by atoms with Gasteiger partial charge in [0, 0.05) is 12.1 Å². The van der Waals surface area contributed by atoms with E-state index in [1.807, 2.05) is 18.2 Å². The van der Waals surface area contributed by atoms with Gasteiger partial charge in [-0.05, 0) is 62.9 Å². The lowest BCUT2D eigenvalue weighted by Crippen LogP contribution is -2.43. The maximum Gasteiger partial charge on any atom is 0.311 e. The topological polar surface area (TPSA) is 38.8 Å². The van der Waals surface area contributed by atoms with Crippen molar-refractivity contribution in [3.05, 3.63) is 23.8 Å². The zero-order chi connectivity index (χ0) is 14.4. The number of ether oxygens (including phenoxy) is 2. The SMILES string of the molecule is CN1C2CCC1CC(Oc1ccc3c(c1)CCC(=O)O3)C2.Cl. The van der Waals surface area contributed by atoms with Crippen LogP contribution in [0, 0.1) is 0 Å². The fraction of sp³-hybridized carbons (Fsp3) is 0.588. The third kappa shape index (κ3) is 2.82. The van der Waals surface area contributed by atoms with Crippen molar-refractivity contribution in [1.29, 1.82) is 0 Å². The highest BCUT2D eigenvalue weighted by molar-refractivity contribution is 5.85. The summed E-state index contributed by atoms with van der Waals surface area (Å²) >= 11 is 0. The van der Waals surface area contributed by atoms with E-state index in [4.69, 9.17) is 9.47 Å². The molecule has 0 saturated carbocycles. The van der Waals surface area contributed by atoms with Crippen LogP contribution in [0.15, 0.2) is 18.2 Å².